The van der Waals surface area contributed by atoms with Gasteiger partial charge < -0.3 is 24.4 Å². The van der Waals surface area contributed by atoms with E-state index in [1.807, 2.05) is 0 Å². The molecular weight excluding hydrogens is 252 g/mol. The molecule has 1 fully saturated rings. The summed E-state index contributed by atoms with van der Waals surface area (Å²) >= 11 is 0. The van der Waals surface area contributed by atoms with Gasteiger partial charge in [-0.1, -0.05) is 0 Å². The van der Waals surface area contributed by atoms with Crippen molar-refractivity contribution in [2.75, 3.05) is 19.8 Å². The molecule has 0 aromatic carbocycles. The van der Waals surface area contributed by atoms with E-state index in [1.165, 1.54) is 0 Å². The summed E-state index contributed by atoms with van der Waals surface area (Å²) in [4.78, 5) is 11.6. The van der Waals surface area contributed by atoms with Gasteiger partial charge in [-0.3, -0.25) is 4.79 Å². The molecule has 2 atom stereocenters. The Bertz CT molecular complexity index is 447. The number of ether oxygens (including phenoxy) is 2. The minimum Gasteiger partial charge on any atom is -0.465 e. The molecule has 0 radical (unpaired) electrons. The minimum absolute atomic E-state index is 0.147. The largest absolute Gasteiger partial charge is 0.465 e. The van der Waals surface area contributed by atoms with Gasteiger partial charge in [0.15, 0.2) is 6.61 Å². The Labute approximate surface area is 110 Å². The van der Waals surface area contributed by atoms with E-state index in [9.17, 15) is 9.90 Å². The van der Waals surface area contributed by atoms with Gasteiger partial charge >= 0.3 is 0 Å². The third-order valence-electron chi connectivity index (χ3n) is 3.21. The van der Waals surface area contributed by atoms with Crippen LogP contribution in [0.25, 0.3) is 0 Å². The number of nitrogens with one attached hydrogen (secondary N) is 1. The number of amides is 1. The molecule has 1 aliphatic rings. The normalized spacial score (nSPS) is 26.4. The van der Waals surface area contributed by atoms with Gasteiger partial charge in [-0.2, -0.15) is 0 Å². The smallest absolute Gasteiger partial charge is 0.258 e. The summed E-state index contributed by atoms with van der Waals surface area (Å²) in [6, 6.07) is 1.59. The van der Waals surface area contributed by atoms with Gasteiger partial charge in [-0.05, 0) is 19.0 Å². The molecule has 0 spiro atoms. The lowest BCUT2D eigenvalue weighted by atomic mass is 9.97. The maximum Gasteiger partial charge on any atom is 0.258 e. The highest BCUT2D eigenvalue weighted by molar-refractivity contribution is 5.77. The van der Waals surface area contributed by atoms with E-state index in [2.05, 4.69) is 10.5 Å². The predicted octanol–water partition coefficient (Wildman–Crippen LogP) is 0.0179. The number of carbonyl (C=O) groups is 1. The number of aryl methyl sites for hydroxylation is 1. The third-order valence-corrected chi connectivity index (χ3v) is 3.21. The van der Waals surface area contributed by atoms with E-state index < -0.39 is 5.60 Å². The van der Waals surface area contributed by atoms with Crippen molar-refractivity contribution in [1.82, 2.24) is 10.5 Å². The second kappa shape index (κ2) is 5.58. The fourth-order valence-electron chi connectivity index (χ4n) is 1.86. The first-order valence-corrected chi connectivity index (χ1v) is 6.16. The van der Waals surface area contributed by atoms with Crippen molar-refractivity contribution in [1.29, 1.82) is 0 Å². The van der Waals surface area contributed by atoms with E-state index >= 15 is 0 Å². The fourth-order valence-corrected chi connectivity index (χ4v) is 1.86. The summed E-state index contributed by atoms with van der Waals surface area (Å²) in [6.07, 6.45) is 0.226. The molecule has 19 heavy (non-hydrogen) atoms. The Hall–Kier alpha value is -1.60. The van der Waals surface area contributed by atoms with Crippen LogP contribution < -0.4 is 10.1 Å². The Morgan fingerprint density at radius 3 is 3.11 bits per heavy atom. The van der Waals surface area contributed by atoms with Crippen molar-refractivity contribution in [2.45, 2.75) is 32.0 Å². The summed E-state index contributed by atoms with van der Waals surface area (Å²) in [7, 11) is 0. The first-order chi connectivity index (χ1) is 8.99. The van der Waals surface area contributed by atoms with Crippen molar-refractivity contribution >= 4 is 5.91 Å². The number of hydrogen-bond donors (Lipinski definition) is 2. The first-order valence-electron chi connectivity index (χ1n) is 6.16. The number of hydrogen-bond acceptors (Lipinski definition) is 6. The van der Waals surface area contributed by atoms with Gasteiger partial charge in [0.25, 0.3) is 11.8 Å². The highest BCUT2D eigenvalue weighted by Gasteiger charge is 2.39. The molecule has 1 aliphatic heterocycles. The van der Waals surface area contributed by atoms with Crippen LogP contribution in [0.1, 0.15) is 19.1 Å². The van der Waals surface area contributed by atoms with Crippen molar-refractivity contribution in [3.05, 3.63) is 11.8 Å². The highest BCUT2D eigenvalue weighted by Crippen LogP contribution is 2.24. The predicted molar refractivity (Wildman–Crippen MR) is 64.7 cm³/mol. The van der Waals surface area contributed by atoms with Crippen LogP contribution in [-0.4, -0.2) is 47.6 Å². The Morgan fingerprint density at radius 1 is 1.74 bits per heavy atom. The van der Waals surface area contributed by atoms with E-state index in [-0.39, 0.29) is 31.0 Å². The van der Waals surface area contributed by atoms with Gasteiger partial charge in [0.2, 0.25) is 0 Å². The molecule has 1 saturated heterocycles. The van der Waals surface area contributed by atoms with Gasteiger partial charge in [-0.25, -0.2) is 0 Å². The monoisotopic (exact) mass is 270 g/mol. The Balaban J connectivity index is 1.73. The topological polar surface area (TPSA) is 93.8 Å². The molecule has 0 bridgehead atoms. The zero-order chi connectivity index (χ0) is 13.9. The summed E-state index contributed by atoms with van der Waals surface area (Å²) in [5.74, 6) is 0.554. The Kier molecular flexibility index (Phi) is 4.06. The summed E-state index contributed by atoms with van der Waals surface area (Å²) in [6.45, 7) is 4.00. The van der Waals surface area contributed by atoms with Crippen LogP contribution in [0, 0.1) is 6.92 Å². The van der Waals surface area contributed by atoms with Crippen molar-refractivity contribution in [3.8, 4) is 5.88 Å². The molecule has 2 heterocycles. The number of aromatic nitrogens is 1. The van der Waals surface area contributed by atoms with E-state index in [0.717, 1.165) is 0 Å². The fraction of sp³-hybridized carbons (Fsp3) is 0.667. The zero-order valence-electron chi connectivity index (χ0n) is 11.0. The number of aliphatic hydroxyl groups is 1. The summed E-state index contributed by atoms with van der Waals surface area (Å²) < 4.78 is 15.2. The van der Waals surface area contributed by atoms with Crippen LogP contribution in [0.5, 0.6) is 5.88 Å². The van der Waals surface area contributed by atoms with Crippen LogP contribution >= 0.6 is 0 Å². The molecule has 7 heteroatoms. The van der Waals surface area contributed by atoms with Crippen molar-refractivity contribution in [3.63, 3.8) is 0 Å². The van der Waals surface area contributed by atoms with Crippen LogP contribution in [-0.2, 0) is 9.53 Å². The number of nitrogens with zero attached hydrogens (tertiary/aromatic N) is 1. The molecule has 1 aromatic heterocycles. The lowest BCUT2D eigenvalue weighted by Crippen LogP contribution is -2.48. The van der Waals surface area contributed by atoms with Crippen molar-refractivity contribution < 1.29 is 23.9 Å². The summed E-state index contributed by atoms with van der Waals surface area (Å²) in [5, 5.41) is 16.4. The average Bonchev–Trinajstić information content (AvgIpc) is 2.92. The molecular formula is C12H18N2O5. The van der Waals surface area contributed by atoms with E-state index in [0.29, 0.717) is 18.8 Å². The SMILES string of the molecule is Cc1cc(OCC(=O)NCC2(O)CCOC2C)no1. The van der Waals surface area contributed by atoms with Crippen LogP contribution in [0.3, 0.4) is 0 Å². The molecule has 1 amide bonds. The van der Waals surface area contributed by atoms with Crippen LogP contribution in [0.2, 0.25) is 0 Å². The van der Waals surface area contributed by atoms with Gasteiger partial charge in [0, 0.05) is 25.6 Å². The van der Waals surface area contributed by atoms with E-state index in [1.54, 1.807) is 19.9 Å². The molecule has 0 aliphatic carbocycles. The lowest BCUT2D eigenvalue weighted by Gasteiger charge is -2.26. The summed E-state index contributed by atoms with van der Waals surface area (Å²) in [5.41, 5.74) is -1.000. The van der Waals surface area contributed by atoms with Crippen LogP contribution in [0.15, 0.2) is 10.6 Å². The van der Waals surface area contributed by atoms with Gasteiger partial charge in [0.1, 0.15) is 11.4 Å². The molecule has 2 N–H and O–H groups in total. The van der Waals surface area contributed by atoms with Crippen LogP contribution in [0.4, 0.5) is 0 Å². The molecule has 0 saturated carbocycles. The molecule has 1 aromatic rings. The second-order valence-electron chi connectivity index (χ2n) is 4.71. The third kappa shape index (κ3) is 3.45. The van der Waals surface area contributed by atoms with Crippen molar-refractivity contribution in [2.24, 2.45) is 0 Å². The number of carbonyl (C=O) groups excluding carboxylic acids is 1. The molecule has 106 valence electrons. The lowest BCUT2D eigenvalue weighted by molar-refractivity contribution is -0.125. The van der Waals surface area contributed by atoms with Gasteiger partial charge in [0.05, 0.1) is 6.10 Å². The van der Waals surface area contributed by atoms with E-state index in [4.69, 9.17) is 14.0 Å². The molecule has 7 nitrogen and oxygen atoms in total. The molecule has 2 rings (SSSR count). The zero-order valence-corrected chi connectivity index (χ0v) is 11.0. The standard InChI is InChI=1S/C12H18N2O5/c1-8-5-11(14-19-8)18-6-10(15)13-7-12(16)3-4-17-9(12)2/h5,9,16H,3-4,6-7H2,1-2H3,(H,13,15). The quantitative estimate of drug-likeness (QED) is 0.783. The minimum atomic E-state index is -1.000. The first kappa shape index (κ1) is 13.8. The Morgan fingerprint density at radius 2 is 2.53 bits per heavy atom. The highest BCUT2D eigenvalue weighted by atomic mass is 16.5. The number of rotatable bonds is 5. The maximum atomic E-state index is 11.6. The average molecular weight is 270 g/mol. The molecule has 2 unspecified atom stereocenters. The maximum absolute atomic E-state index is 11.6. The second-order valence-corrected chi connectivity index (χ2v) is 4.71. The van der Waals surface area contributed by atoms with Gasteiger partial charge in [-0.15, -0.1) is 0 Å².